The quantitative estimate of drug-likeness (QED) is 0.739. The highest BCUT2D eigenvalue weighted by atomic mass is 16.5. The minimum Gasteiger partial charge on any atom is -0.466 e. The summed E-state index contributed by atoms with van der Waals surface area (Å²) in [6.45, 7) is 9.11. The van der Waals surface area contributed by atoms with Crippen LogP contribution in [0.4, 0.5) is 0 Å². The van der Waals surface area contributed by atoms with E-state index < -0.39 is 5.41 Å². The highest BCUT2D eigenvalue weighted by molar-refractivity contribution is 5.76. The lowest BCUT2D eigenvalue weighted by atomic mass is 9.82. The SMILES string of the molecule is CCCC(NCc1ccccc1)C(C)(C)C(=O)OCC. The highest BCUT2D eigenvalue weighted by Crippen LogP contribution is 2.26. The van der Waals surface area contributed by atoms with Crippen molar-refractivity contribution in [3.63, 3.8) is 0 Å². The lowest BCUT2D eigenvalue weighted by Gasteiger charge is -2.33. The maximum absolute atomic E-state index is 12.1. The third kappa shape index (κ3) is 4.64. The molecule has 1 aromatic rings. The number of benzene rings is 1. The van der Waals surface area contributed by atoms with Gasteiger partial charge in [0, 0.05) is 12.6 Å². The molecule has 0 aromatic heterocycles. The molecule has 0 fully saturated rings. The van der Waals surface area contributed by atoms with Gasteiger partial charge in [0.2, 0.25) is 0 Å². The van der Waals surface area contributed by atoms with Gasteiger partial charge >= 0.3 is 5.97 Å². The number of rotatable bonds is 8. The summed E-state index contributed by atoms with van der Waals surface area (Å²) >= 11 is 0. The summed E-state index contributed by atoms with van der Waals surface area (Å²) in [4.78, 5) is 12.1. The Morgan fingerprint density at radius 2 is 1.90 bits per heavy atom. The first-order valence-electron chi connectivity index (χ1n) is 7.46. The van der Waals surface area contributed by atoms with Crippen molar-refractivity contribution < 1.29 is 9.53 Å². The lowest BCUT2D eigenvalue weighted by molar-refractivity contribution is -0.155. The van der Waals surface area contributed by atoms with E-state index >= 15 is 0 Å². The molecule has 0 aliphatic carbocycles. The number of esters is 1. The van der Waals surface area contributed by atoms with Gasteiger partial charge < -0.3 is 10.1 Å². The zero-order valence-electron chi connectivity index (χ0n) is 13.1. The van der Waals surface area contributed by atoms with E-state index in [0.717, 1.165) is 19.4 Å². The number of ether oxygens (including phenoxy) is 1. The molecule has 0 spiro atoms. The number of hydrogen-bond acceptors (Lipinski definition) is 3. The summed E-state index contributed by atoms with van der Waals surface area (Å²) in [6, 6.07) is 10.4. The van der Waals surface area contributed by atoms with Gasteiger partial charge in [0.1, 0.15) is 0 Å². The van der Waals surface area contributed by atoms with E-state index in [1.807, 2.05) is 39.0 Å². The molecule has 0 amide bonds. The van der Waals surface area contributed by atoms with Gasteiger partial charge in [0.15, 0.2) is 0 Å². The van der Waals surface area contributed by atoms with Gasteiger partial charge in [-0.1, -0.05) is 43.7 Å². The van der Waals surface area contributed by atoms with Gasteiger partial charge in [-0.3, -0.25) is 4.79 Å². The van der Waals surface area contributed by atoms with Crippen molar-refractivity contribution in [3.8, 4) is 0 Å². The van der Waals surface area contributed by atoms with Crippen molar-refractivity contribution in [3.05, 3.63) is 35.9 Å². The summed E-state index contributed by atoms with van der Waals surface area (Å²) in [5, 5.41) is 3.52. The Labute approximate surface area is 122 Å². The Hall–Kier alpha value is -1.35. The second-order valence-corrected chi connectivity index (χ2v) is 5.65. The van der Waals surface area contributed by atoms with Crippen molar-refractivity contribution in [2.45, 2.75) is 53.1 Å². The van der Waals surface area contributed by atoms with E-state index in [1.54, 1.807) is 0 Å². The summed E-state index contributed by atoms with van der Waals surface area (Å²) in [6.07, 6.45) is 1.99. The maximum atomic E-state index is 12.1. The molecule has 1 aromatic carbocycles. The van der Waals surface area contributed by atoms with Crippen LogP contribution in [0.3, 0.4) is 0 Å². The number of carbonyl (C=O) groups excluding carboxylic acids is 1. The largest absolute Gasteiger partial charge is 0.466 e. The fraction of sp³-hybridized carbons (Fsp3) is 0.588. The van der Waals surface area contributed by atoms with E-state index in [2.05, 4.69) is 24.4 Å². The maximum Gasteiger partial charge on any atom is 0.313 e. The molecule has 1 N–H and O–H groups in total. The second kappa shape index (κ2) is 8.05. The van der Waals surface area contributed by atoms with Crippen LogP contribution in [-0.2, 0) is 16.1 Å². The molecule has 0 saturated carbocycles. The number of hydrogen-bond donors (Lipinski definition) is 1. The summed E-state index contributed by atoms with van der Waals surface area (Å²) < 4.78 is 5.21. The Morgan fingerprint density at radius 3 is 2.45 bits per heavy atom. The van der Waals surface area contributed by atoms with Crippen molar-refractivity contribution in [2.24, 2.45) is 5.41 Å². The number of carbonyl (C=O) groups is 1. The van der Waals surface area contributed by atoms with Crippen molar-refractivity contribution >= 4 is 5.97 Å². The predicted octanol–water partition coefficient (Wildman–Crippen LogP) is 3.53. The molecule has 0 saturated heterocycles. The van der Waals surface area contributed by atoms with Crippen LogP contribution in [0.1, 0.15) is 46.1 Å². The molecule has 3 nitrogen and oxygen atoms in total. The fourth-order valence-corrected chi connectivity index (χ4v) is 2.30. The first kappa shape index (κ1) is 16.7. The third-order valence-corrected chi connectivity index (χ3v) is 3.65. The zero-order chi connectivity index (χ0) is 15.0. The monoisotopic (exact) mass is 277 g/mol. The van der Waals surface area contributed by atoms with Crippen LogP contribution in [0.25, 0.3) is 0 Å². The van der Waals surface area contributed by atoms with Gasteiger partial charge in [-0.15, -0.1) is 0 Å². The summed E-state index contributed by atoms with van der Waals surface area (Å²) in [7, 11) is 0. The average Bonchev–Trinajstić information content (AvgIpc) is 2.44. The van der Waals surface area contributed by atoms with E-state index in [0.29, 0.717) is 6.61 Å². The van der Waals surface area contributed by atoms with Crippen molar-refractivity contribution in [2.75, 3.05) is 6.61 Å². The fourth-order valence-electron chi connectivity index (χ4n) is 2.30. The van der Waals surface area contributed by atoms with Gasteiger partial charge in [-0.25, -0.2) is 0 Å². The molecule has 3 heteroatoms. The van der Waals surface area contributed by atoms with E-state index in [4.69, 9.17) is 4.74 Å². The topological polar surface area (TPSA) is 38.3 Å². The number of nitrogens with one attached hydrogen (secondary N) is 1. The molecule has 0 bridgehead atoms. The van der Waals surface area contributed by atoms with Crippen LogP contribution in [0.5, 0.6) is 0 Å². The Morgan fingerprint density at radius 1 is 1.25 bits per heavy atom. The molecule has 1 atom stereocenters. The standard InChI is InChI=1S/C17H27NO2/c1-5-10-15(17(3,4)16(19)20-6-2)18-13-14-11-8-7-9-12-14/h7-9,11-12,15,18H,5-6,10,13H2,1-4H3. The Balaban J connectivity index is 2.70. The van der Waals surface area contributed by atoms with Crippen molar-refractivity contribution in [1.82, 2.24) is 5.32 Å². The molecule has 0 aliphatic rings. The van der Waals surface area contributed by atoms with Gasteiger partial charge in [-0.05, 0) is 32.8 Å². The molecular weight excluding hydrogens is 250 g/mol. The average molecular weight is 277 g/mol. The summed E-state index contributed by atoms with van der Waals surface area (Å²) in [5.41, 5.74) is 0.717. The first-order valence-corrected chi connectivity index (χ1v) is 7.46. The molecule has 0 aliphatic heterocycles. The van der Waals surface area contributed by atoms with E-state index in [1.165, 1.54) is 5.56 Å². The van der Waals surface area contributed by atoms with E-state index in [-0.39, 0.29) is 12.0 Å². The summed E-state index contributed by atoms with van der Waals surface area (Å²) in [5.74, 6) is -0.126. The van der Waals surface area contributed by atoms with Gasteiger partial charge in [0.05, 0.1) is 12.0 Å². The molecule has 0 radical (unpaired) electrons. The van der Waals surface area contributed by atoms with Crippen LogP contribution in [0.2, 0.25) is 0 Å². The minimum absolute atomic E-state index is 0.117. The zero-order valence-corrected chi connectivity index (χ0v) is 13.1. The smallest absolute Gasteiger partial charge is 0.313 e. The van der Waals surface area contributed by atoms with Crippen LogP contribution >= 0.6 is 0 Å². The Kier molecular flexibility index (Phi) is 6.73. The first-order chi connectivity index (χ1) is 9.52. The molecular formula is C17H27NO2. The van der Waals surface area contributed by atoms with E-state index in [9.17, 15) is 4.79 Å². The molecule has 20 heavy (non-hydrogen) atoms. The van der Waals surface area contributed by atoms with Crippen LogP contribution < -0.4 is 5.32 Å². The van der Waals surface area contributed by atoms with Crippen molar-refractivity contribution in [1.29, 1.82) is 0 Å². The third-order valence-electron chi connectivity index (χ3n) is 3.65. The van der Waals surface area contributed by atoms with Crippen LogP contribution in [0, 0.1) is 5.41 Å². The van der Waals surface area contributed by atoms with Crippen LogP contribution in [0.15, 0.2) is 30.3 Å². The Bertz CT molecular complexity index is 401. The lowest BCUT2D eigenvalue weighted by Crippen LogP contribution is -2.47. The van der Waals surface area contributed by atoms with Gasteiger partial charge in [0.25, 0.3) is 0 Å². The predicted molar refractivity (Wildman–Crippen MR) is 82.4 cm³/mol. The molecule has 112 valence electrons. The van der Waals surface area contributed by atoms with Gasteiger partial charge in [-0.2, -0.15) is 0 Å². The van der Waals surface area contributed by atoms with Crippen LogP contribution in [-0.4, -0.2) is 18.6 Å². The second-order valence-electron chi connectivity index (χ2n) is 5.65. The molecule has 1 unspecified atom stereocenters. The molecule has 0 heterocycles. The normalized spacial score (nSPS) is 13.0. The molecule has 1 rings (SSSR count). The minimum atomic E-state index is -0.513. The highest BCUT2D eigenvalue weighted by Gasteiger charge is 2.37.